The fourth-order valence-electron chi connectivity index (χ4n) is 3.08. The number of furan rings is 1. The highest BCUT2D eigenvalue weighted by Gasteiger charge is 2.35. The summed E-state index contributed by atoms with van der Waals surface area (Å²) in [6, 6.07) is 3.61. The van der Waals surface area contributed by atoms with E-state index in [0.717, 1.165) is 15.4 Å². The smallest absolute Gasteiger partial charge is 0.410 e. The number of fused-ring (bicyclic) bond motifs is 3. The molecule has 126 valence electrons. The van der Waals surface area contributed by atoms with Crippen molar-refractivity contribution in [3.8, 4) is 0 Å². The summed E-state index contributed by atoms with van der Waals surface area (Å²) < 4.78 is 10.4. The maximum Gasteiger partial charge on any atom is 0.410 e. The molecule has 0 bridgehead atoms. The third kappa shape index (κ3) is 2.43. The molecule has 0 saturated carbocycles. The molecule has 7 nitrogen and oxygen atoms in total. The maximum absolute atomic E-state index is 12.6. The lowest BCUT2D eigenvalue weighted by atomic mass is 10.0. The summed E-state index contributed by atoms with van der Waals surface area (Å²) in [7, 11) is 0. The van der Waals surface area contributed by atoms with Crippen molar-refractivity contribution >= 4 is 28.3 Å². The summed E-state index contributed by atoms with van der Waals surface area (Å²) in [6.07, 6.45) is 1.55. The molecule has 2 aliphatic rings. The van der Waals surface area contributed by atoms with Crippen LogP contribution in [0.25, 0.3) is 0 Å². The lowest BCUT2D eigenvalue weighted by Gasteiger charge is -2.27. The highest BCUT2D eigenvalue weighted by Crippen LogP contribution is 2.40. The van der Waals surface area contributed by atoms with E-state index < -0.39 is 0 Å². The standard InChI is InChI=1S/C16H17N3O4S/c1-2-22-16(21)19-6-5-9-11(8-19)24-15-12(9)14(20)17-13(18-15)10-4-3-7-23-10/h3-4,7,13,18H,2,5-6,8H2,1H3,(H,17,20)/t13-/m0/s1. The molecule has 8 heteroatoms. The molecular formula is C16H17N3O4S. The van der Waals surface area contributed by atoms with Gasteiger partial charge in [0.15, 0.2) is 6.17 Å². The predicted octanol–water partition coefficient (Wildman–Crippen LogP) is 2.71. The average Bonchev–Trinajstić information content (AvgIpc) is 3.21. The zero-order valence-electron chi connectivity index (χ0n) is 13.1. The van der Waals surface area contributed by atoms with E-state index in [1.807, 2.05) is 6.07 Å². The van der Waals surface area contributed by atoms with E-state index >= 15 is 0 Å². The van der Waals surface area contributed by atoms with Gasteiger partial charge < -0.3 is 24.7 Å². The van der Waals surface area contributed by atoms with Gasteiger partial charge in [-0.2, -0.15) is 0 Å². The second kappa shape index (κ2) is 5.86. The minimum Gasteiger partial charge on any atom is -0.465 e. The van der Waals surface area contributed by atoms with Crippen molar-refractivity contribution in [2.24, 2.45) is 0 Å². The largest absolute Gasteiger partial charge is 0.465 e. The third-order valence-corrected chi connectivity index (χ3v) is 5.34. The topological polar surface area (TPSA) is 83.8 Å². The normalized spacial score (nSPS) is 19.1. The van der Waals surface area contributed by atoms with E-state index in [1.165, 1.54) is 11.3 Å². The Morgan fingerprint density at radius 2 is 2.38 bits per heavy atom. The number of nitrogens with zero attached hydrogens (tertiary/aromatic N) is 1. The Balaban J connectivity index is 1.61. The third-order valence-electron chi connectivity index (χ3n) is 4.19. The van der Waals surface area contributed by atoms with Gasteiger partial charge in [0.05, 0.1) is 25.0 Å². The zero-order chi connectivity index (χ0) is 16.7. The first-order valence-electron chi connectivity index (χ1n) is 7.84. The van der Waals surface area contributed by atoms with Crippen LogP contribution in [0, 0.1) is 0 Å². The van der Waals surface area contributed by atoms with Gasteiger partial charge in [-0.15, -0.1) is 11.3 Å². The molecule has 2 aromatic heterocycles. The molecule has 2 N–H and O–H groups in total. The van der Waals surface area contributed by atoms with E-state index in [4.69, 9.17) is 9.15 Å². The molecule has 1 atom stereocenters. The number of amides is 2. The van der Waals surface area contributed by atoms with Crippen molar-refractivity contribution < 1.29 is 18.7 Å². The number of carbonyl (C=O) groups is 2. The van der Waals surface area contributed by atoms with E-state index in [2.05, 4.69) is 10.6 Å². The molecule has 4 heterocycles. The van der Waals surface area contributed by atoms with Gasteiger partial charge in [-0.1, -0.05) is 0 Å². The Bertz CT molecular complexity index is 784. The molecule has 0 fully saturated rings. The second-order valence-corrected chi connectivity index (χ2v) is 6.75. The SMILES string of the molecule is CCOC(=O)N1CCc2c(sc3c2C(=O)N[C@H](c2ccco2)N3)C1. The van der Waals surface area contributed by atoms with Crippen LogP contribution in [0.1, 0.15) is 39.6 Å². The van der Waals surface area contributed by atoms with Gasteiger partial charge >= 0.3 is 6.09 Å². The van der Waals surface area contributed by atoms with Crippen LogP contribution in [-0.2, 0) is 17.7 Å². The molecule has 0 saturated heterocycles. The van der Waals surface area contributed by atoms with Crippen LogP contribution in [0.2, 0.25) is 0 Å². The summed E-state index contributed by atoms with van der Waals surface area (Å²) in [6.45, 7) is 3.19. The summed E-state index contributed by atoms with van der Waals surface area (Å²) in [4.78, 5) is 27.2. The molecule has 0 aromatic carbocycles. The monoisotopic (exact) mass is 347 g/mol. The van der Waals surface area contributed by atoms with Crippen molar-refractivity contribution in [1.82, 2.24) is 10.2 Å². The van der Waals surface area contributed by atoms with Crippen molar-refractivity contribution in [2.45, 2.75) is 26.1 Å². The first-order valence-corrected chi connectivity index (χ1v) is 8.66. The lowest BCUT2D eigenvalue weighted by Crippen LogP contribution is -2.39. The first-order chi connectivity index (χ1) is 11.7. The van der Waals surface area contributed by atoms with Crippen molar-refractivity contribution in [2.75, 3.05) is 18.5 Å². The van der Waals surface area contributed by atoms with Crippen LogP contribution in [0.5, 0.6) is 0 Å². The van der Waals surface area contributed by atoms with Crippen molar-refractivity contribution in [3.63, 3.8) is 0 Å². The molecule has 2 aromatic rings. The number of hydrogen-bond acceptors (Lipinski definition) is 6. The van der Waals surface area contributed by atoms with Crippen LogP contribution in [0.3, 0.4) is 0 Å². The summed E-state index contributed by atoms with van der Waals surface area (Å²) in [5, 5.41) is 7.07. The van der Waals surface area contributed by atoms with Gasteiger partial charge in [0.1, 0.15) is 10.8 Å². The molecule has 2 amide bonds. The minimum absolute atomic E-state index is 0.104. The van der Waals surface area contributed by atoms with E-state index in [0.29, 0.717) is 37.4 Å². The summed E-state index contributed by atoms with van der Waals surface area (Å²) in [5.41, 5.74) is 1.72. The van der Waals surface area contributed by atoms with E-state index in [-0.39, 0.29) is 18.2 Å². The van der Waals surface area contributed by atoms with E-state index in [9.17, 15) is 9.59 Å². The quantitative estimate of drug-likeness (QED) is 0.873. The fourth-order valence-corrected chi connectivity index (χ4v) is 4.37. The highest BCUT2D eigenvalue weighted by atomic mass is 32.1. The molecule has 24 heavy (non-hydrogen) atoms. The molecule has 0 unspecified atom stereocenters. The minimum atomic E-state index is -0.374. The van der Waals surface area contributed by atoms with Crippen LogP contribution >= 0.6 is 11.3 Å². The maximum atomic E-state index is 12.6. The molecule has 2 aliphatic heterocycles. The van der Waals surface area contributed by atoms with Gasteiger partial charge in [-0.25, -0.2) is 4.79 Å². The Morgan fingerprint density at radius 1 is 1.50 bits per heavy atom. The van der Waals surface area contributed by atoms with Crippen LogP contribution < -0.4 is 10.6 Å². The van der Waals surface area contributed by atoms with Gasteiger partial charge in [-0.05, 0) is 31.0 Å². The molecule has 0 aliphatic carbocycles. The van der Waals surface area contributed by atoms with Gasteiger partial charge in [0.2, 0.25) is 0 Å². The molecule has 0 radical (unpaired) electrons. The average molecular weight is 347 g/mol. The Hall–Kier alpha value is -2.48. The highest BCUT2D eigenvalue weighted by molar-refractivity contribution is 7.16. The number of thiophene rings is 1. The molecule has 4 rings (SSSR count). The number of rotatable bonds is 2. The summed E-state index contributed by atoms with van der Waals surface area (Å²) >= 11 is 1.52. The second-order valence-electron chi connectivity index (χ2n) is 5.64. The molecular weight excluding hydrogens is 330 g/mol. The Kier molecular flexibility index (Phi) is 3.68. The van der Waals surface area contributed by atoms with Gasteiger partial charge in [0.25, 0.3) is 5.91 Å². The summed E-state index contributed by atoms with van der Waals surface area (Å²) in [5.74, 6) is 0.556. The predicted molar refractivity (Wildman–Crippen MR) is 88.0 cm³/mol. The number of carbonyl (C=O) groups excluding carboxylic acids is 2. The number of anilines is 1. The van der Waals surface area contributed by atoms with Gasteiger partial charge in [0, 0.05) is 11.4 Å². The van der Waals surface area contributed by atoms with Gasteiger partial charge in [-0.3, -0.25) is 4.79 Å². The lowest BCUT2D eigenvalue weighted by molar-refractivity contribution is 0.0929. The van der Waals surface area contributed by atoms with Crippen LogP contribution in [-0.4, -0.2) is 30.1 Å². The Morgan fingerprint density at radius 3 is 3.12 bits per heavy atom. The van der Waals surface area contributed by atoms with Crippen LogP contribution in [0.15, 0.2) is 22.8 Å². The Labute approximate surface area is 142 Å². The molecule has 0 spiro atoms. The number of nitrogens with one attached hydrogen (secondary N) is 2. The van der Waals surface area contributed by atoms with Crippen molar-refractivity contribution in [1.29, 1.82) is 0 Å². The first kappa shape index (κ1) is 15.1. The number of hydrogen-bond donors (Lipinski definition) is 2. The van der Waals surface area contributed by atoms with Crippen LogP contribution in [0.4, 0.5) is 9.80 Å². The fraction of sp³-hybridized carbons (Fsp3) is 0.375. The number of ether oxygens (including phenoxy) is 1. The zero-order valence-corrected chi connectivity index (χ0v) is 13.9. The van der Waals surface area contributed by atoms with E-state index in [1.54, 1.807) is 24.2 Å². The van der Waals surface area contributed by atoms with Crippen molar-refractivity contribution in [3.05, 3.63) is 40.2 Å².